The van der Waals surface area contributed by atoms with Crippen LogP contribution in [0.1, 0.15) is 27.2 Å². The lowest BCUT2D eigenvalue weighted by atomic mass is 9.92. The van der Waals surface area contributed by atoms with Gasteiger partial charge in [0.15, 0.2) is 8.38 Å². The number of hydrogen-bond donors (Lipinski definition) is 0. The normalized spacial score (nSPS) is 31.5. The molecule has 2 unspecified atom stereocenters. The molecule has 1 saturated heterocycles. The van der Waals surface area contributed by atoms with Crippen LogP contribution in [0.2, 0.25) is 0 Å². The summed E-state index contributed by atoms with van der Waals surface area (Å²) in [6.07, 6.45) is 0.487. The number of hydrogen-bond acceptors (Lipinski definition) is 5. The van der Waals surface area contributed by atoms with Crippen molar-refractivity contribution in [3.05, 3.63) is 11.4 Å². The first kappa shape index (κ1) is 20.8. The van der Waals surface area contributed by atoms with Gasteiger partial charge in [-0.3, -0.25) is 0 Å². The average molecular weight is 345 g/mol. The highest BCUT2D eigenvalue weighted by molar-refractivity contribution is 7.46. The fourth-order valence-electron chi connectivity index (χ4n) is 2.52. The molecule has 0 aromatic rings. The molecule has 8 heteroatoms. The van der Waals surface area contributed by atoms with E-state index in [4.69, 9.17) is 29.8 Å². The van der Waals surface area contributed by atoms with Crippen LogP contribution < -0.4 is 0 Å². The Bertz CT molecular complexity index is 383. The zero-order chi connectivity index (χ0) is 17.4. The molecule has 0 radical (unpaired) electrons. The van der Waals surface area contributed by atoms with Crippen molar-refractivity contribution >= 4 is 16.2 Å². The van der Waals surface area contributed by atoms with Gasteiger partial charge in [-0.25, -0.2) is 6.57 Å². The second-order valence-corrected chi connectivity index (χ2v) is 7.11. The molecule has 7 atom stereocenters. The van der Waals surface area contributed by atoms with Crippen molar-refractivity contribution in [3.63, 3.8) is 0 Å². The van der Waals surface area contributed by atoms with E-state index >= 15 is 0 Å². The molecule has 0 spiro atoms. The Labute approximate surface area is 142 Å². The minimum atomic E-state index is -1.06. The van der Waals surface area contributed by atoms with Gasteiger partial charge in [0.2, 0.25) is 6.54 Å². The minimum Gasteiger partial charge on any atom is -0.379 e. The van der Waals surface area contributed by atoms with Crippen molar-refractivity contribution in [3.8, 4) is 0 Å². The van der Waals surface area contributed by atoms with E-state index in [0.29, 0.717) is 13.2 Å². The molecule has 0 N–H and O–H groups in total. The molecule has 0 aromatic carbocycles. The molecule has 1 aliphatic heterocycles. The highest BCUT2D eigenvalue weighted by Gasteiger charge is 2.45. The molecule has 132 valence electrons. The molecule has 6 nitrogen and oxygen atoms in total. The molecule has 1 aliphatic rings. The van der Waals surface area contributed by atoms with Crippen LogP contribution in [0, 0.1) is 6.57 Å². The van der Waals surface area contributed by atoms with E-state index in [1.807, 2.05) is 28.4 Å². The Morgan fingerprint density at radius 2 is 2.00 bits per heavy atom. The zero-order valence-corrected chi connectivity index (χ0v) is 15.9. The summed E-state index contributed by atoms with van der Waals surface area (Å²) >= 11 is 0. The van der Waals surface area contributed by atoms with Crippen LogP contribution in [-0.2, 0) is 23.3 Å². The number of nitrogens with zero attached hydrogens (tertiary/aromatic N) is 1. The molecular weight excluding hydrogens is 316 g/mol. The fraction of sp³-hybridized carbons (Fsp3) is 0.933. The molecule has 0 aliphatic carbocycles. The van der Waals surface area contributed by atoms with Crippen molar-refractivity contribution < 1.29 is 23.3 Å². The summed E-state index contributed by atoms with van der Waals surface area (Å²) in [7, 11) is 2.63. The summed E-state index contributed by atoms with van der Waals surface area (Å²) in [5.74, 6) is 0. The van der Waals surface area contributed by atoms with Crippen molar-refractivity contribution in [1.82, 2.24) is 0 Å². The second-order valence-electron chi connectivity index (χ2n) is 5.76. The van der Waals surface area contributed by atoms with Gasteiger partial charge in [-0.05, 0) is 20.3 Å². The van der Waals surface area contributed by atoms with Gasteiger partial charge in [-0.1, -0.05) is 6.92 Å². The van der Waals surface area contributed by atoms with Crippen LogP contribution >= 0.6 is 8.38 Å². The van der Waals surface area contributed by atoms with Crippen LogP contribution in [0.5, 0.6) is 0 Å². The van der Waals surface area contributed by atoms with Gasteiger partial charge in [-0.15, -0.1) is 0 Å². The van der Waals surface area contributed by atoms with E-state index in [9.17, 15) is 0 Å². The first-order valence-corrected chi connectivity index (χ1v) is 9.77. The van der Waals surface area contributed by atoms with Gasteiger partial charge >= 0.3 is 0 Å². The van der Waals surface area contributed by atoms with E-state index in [-0.39, 0.29) is 36.5 Å². The lowest BCUT2D eigenvalue weighted by Gasteiger charge is -2.30. The van der Waals surface area contributed by atoms with Gasteiger partial charge in [0.25, 0.3) is 0 Å². The second kappa shape index (κ2) is 10.6. The van der Waals surface area contributed by atoms with Crippen LogP contribution in [-0.4, -0.2) is 71.3 Å². The van der Waals surface area contributed by atoms with Gasteiger partial charge < -0.3 is 28.1 Å². The van der Waals surface area contributed by atoms with Crippen LogP contribution in [0.25, 0.3) is 4.85 Å². The zero-order valence-electron chi connectivity index (χ0n) is 15.0. The van der Waals surface area contributed by atoms with Gasteiger partial charge in [0, 0.05) is 13.8 Å². The fourth-order valence-corrected chi connectivity index (χ4v) is 3.52. The Balaban J connectivity index is 2.67. The topological polar surface area (TPSA) is 50.5 Å². The third-order valence-electron chi connectivity index (χ3n) is 4.10. The van der Waals surface area contributed by atoms with Gasteiger partial charge in [0.1, 0.15) is 26.7 Å². The van der Waals surface area contributed by atoms with Crippen molar-refractivity contribution in [2.75, 3.05) is 26.9 Å². The summed E-state index contributed by atoms with van der Waals surface area (Å²) in [4.78, 5) is 3.28. The molecule has 1 rings (SSSR count). The molecule has 1 fully saturated rings. The van der Waals surface area contributed by atoms with Crippen molar-refractivity contribution in [2.45, 2.75) is 63.7 Å². The Morgan fingerprint density at radius 3 is 2.57 bits per heavy atom. The third-order valence-corrected chi connectivity index (χ3v) is 5.18. The van der Waals surface area contributed by atoms with Gasteiger partial charge in [0.05, 0.1) is 24.3 Å². The average Bonchev–Trinajstić information content (AvgIpc) is 2.82. The van der Waals surface area contributed by atoms with E-state index in [1.54, 1.807) is 7.11 Å². The van der Waals surface area contributed by atoms with Crippen LogP contribution in [0.4, 0.5) is 0 Å². The predicted molar refractivity (Wildman–Crippen MR) is 93.4 cm³/mol. The SMILES string of the molecule is B[C@@H]1O[C@H](CC)[C@H](OP(C)OCC[N+]#[C-])C1O[C@H](C)[C@@H](C)OC. The summed E-state index contributed by atoms with van der Waals surface area (Å²) in [5, 5.41) is 0. The first-order valence-electron chi connectivity index (χ1n) is 8.14. The smallest absolute Gasteiger partial charge is 0.238 e. The highest BCUT2D eigenvalue weighted by atomic mass is 31.2. The predicted octanol–water partition coefficient (Wildman–Crippen LogP) is 1.83. The Morgan fingerprint density at radius 1 is 1.30 bits per heavy atom. The summed E-state index contributed by atoms with van der Waals surface area (Å²) in [6.45, 7) is 15.5. The maximum absolute atomic E-state index is 6.79. The van der Waals surface area contributed by atoms with Crippen LogP contribution in [0.15, 0.2) is 0 Å². The maximum atomic E-state index is 6.79. The molecule has 0 bridgehead atoms. The summed E-state index contributed by atoms with van der Waals surface area (Å²) < 4.78 is 29.2. The number of ether oxygens (including phenoxy) is 3. The van der Waals surface area contributed by atoms with E-state index in [2.05, 4.69) is 11.8 Å². The third kappa shape index (κ3) is 6.30. The van der Waals surface area contributed by atoms with E-state index < -0.39 is 8.38 Å². The molecule has 1 heterocycles. The van der Waals surface area contributed by atoms with Crippen LogP contribution in [0.3, 0.4) is 0 Å². The maximum Gasteiger partial charge on any atom is 0.238 e. The minimum absolute atomic E-state index is 0.00146. The molecular formula is C15H29BNO5P. The summed E-state index contributed by atoms with van der Waals surface area (Å²) in [6, 6.07) is -0.0388. The van der Waals surface area contributed by atoms with E-state index in [0.717, 1.165) is 6.42 Å². The quantitative estimate of drug-likeness (QED) is 0.262. The van der Waals surface area contributed by atoms with Crippen molar-refractivity contribution in [2.24, 2.45) is 0 Å². The standard InChI is InChI=1S/C15H29BNO5P/c1-7-12-13(22-23(6)19-9-8-17-4)14(15(16)21-12)20-11(3)10(2)18-5/h10-15H,7-9,16H2,1-3,5-6H3/t10-,11-,12-,13+,14?,15-,23?/m1/s1. The highest BCUT2D eigenvalue weighted by Crippen LogP contribution is 2.41. The molecule has 0 saturated carbocycles. The largest absolute Gasteiger partial charge is 0.379 e. The monoisotopic (exact) mass is 345 g/mol. The molecule has 0 aromatic heterocycles. The van der Waals surface area contributed by atoms with Crippen molar-refractivity contribution in [1.29, 1.82) is 0 Å². The lowest BCUT2D eigenvalue weighted by Crippen LogP contribution is -2.41. The Hall–Kier alpha value is -0.215. The molecule has 0 amide bonds. The number of rotatable bonds is 10. The number of methoxy groups -OCH3 is 1. The van der Waals surface area contributed by atoms with E-state index in [1.165, 1.54) is 0 Å². The summed E-state index contributed by atoms with van der Waals surface area (Å²) in [5.41, 5.74) is 0. The lowest BCUT2D eigenvalue weighted by molar-refractivity contribution is -0.100. The van der Waals surface area contributed by atoms with Gasteiger partial charge in [-0.2, -0.15) is 0 Å². The first-order chi connectivity index (χ1) is 10.9. The molecule has 23 heavy (non-hydrogen) atoms. The Kier molecular flexibility index (Phi) is 9.61.